The molecule has 1 unspecified atom stereocenters. The second-order valence-corrected chi connectivity index (χ2v) is 4.62. The van der Waals surface area contributed by atoms with Gasteiger partial charge in [-0.1, -0.05) is 11.3 Å². The van der Waals surface area contributed by atoms with Crippen LogP contribution in [-0.4, -0.2) is 32.4 Å². The van der Waals surface area contributed by atoms with Crippen molar-refractivity contribution in [1.29, 1.82) is 0 Å². The van der Waals surface area contributed by atoms with Crippen LogP contribution in [0.5, 0.6) is 0 Å². The molecule has 19 heavy (non-hydrogen) atoms. The van der Waals surface area contributed by atoms with E-state index in [0.29, 0.717) is 4.52 Å². The van der Waals surface area contributed by atoms with Crippen molar-refractivity contribution in [2.45, 2.75) is 25.9 Å². The van der Waals surface area contributed by atoms with Gasteiger partial charge in [0.2, 0.25) is 4.96 Å². The molecule has 2 aromatic heterocycles. The van der Waals surface area contributed by atoms with E-state index in [1.54, 1.807) is 6.92 Å². The second kappa shape index (κ2) is 4.76. The molecule has 10 heteroatoms. The summed E-state index contributed by atoms with van der Waals surface area (Å²) in [5, 5.41) is 10.4. The lowest BCUT2D eigenvalue weighted by molar-refractivity contribution is -0.146. The third kappa shape index (κ3) is 2.53. The molecule has 2 rings (SSSR count). The molecule has 1 atom stereocenters. The minimum absolute atomic E-state index is 0.0153. The highest BCUT2D eigenvalue weighted by molar-refractivity contribution is 7.16. The predicted octanol–water partition coefficient (Wildman–Crippen LogP) is 1.87. The monoisotopic (exact) mass is 294 g/mol. The van der Waals surface area contributed by atoms with E-state index in [-0.39, 0.29) is 16.6 Å². The highest BCUT2D eigenvalue weighted by atomic mass is 32.1. The van der Waals surface area contributed by atoms with E-state index in [9.17, 15) is 18.0 Å². The van der Waals surface area contributed by atoms with Crippen molar-refractivity contribution in [3.05, 3.63) is 10.8 Å². The van der Waals surface area contributed by atoms with Crippen LogP contribution in [0.4, 0.5) is 13.2 Å². The first kappa shape index (κ1) is 13.7. The zero-order valence-corrected chi connectivity index (χ0v) is 10.7. The summed E-state index contributed by atoms with van der Waals surface area (Å²) in [7, 11) is 0. The van der Waals surface area contributed by atoms with Crippen LogP contribution in [0.2, 0.25) is 0 Å². The van der Waals surface area contributed by atoms with Crippen molar-refractivity contribution < 1.29 is 22.7 Å². The zero-order valence-electron chi connectivity index (χ0n) is 9.93. The van der Waals surface area contributed by atoms with Crippen LogP contribution in [0.3, 0.4) is 0 Å². The van der Waals surface area contributed by atoms with E-state index >= 15 is 0 Å². The van der Waals surface area contributed by atoms with Gasteiger partial charge in [-0.25, -0.2) is 0 Å². The molecule has 2 aromatic rings. The molecule has 0 N–H and O–H groups in total. The van der Waals surface area contributed by atoms with Gasteiger partial charge in [0.15, 0.2) is 0 Å². The summed E-state index contributed by atoms with van der Waals surface area (Å²) in [6, 6.07) is 0. The SMILES string of the molecule is CCOC(=O)C(C)c1nn2c(C(F)(F)F)nnc2s1. The molecule has 0 saturated carbocycles. The quantitative estimate of drug-likeness (QED) is 0.808. The first-order valence-corrected chi connectivity index (χ1v) is 6.12. The van der Waals surface area contributed by atoms with E-state index in [4.69, 9.17) is 4.74 Å². The van der Waals surface area contributed by atoms with Gasteiger partial charge in [0.05, 0.1) is 6.61 Å². The standard InChI is InChI=1S/C9H9F3N4O2S/c1-3-18-6(17)4(2)5-15-16-7(9(10,11)12)13-14-8(16)19-5/h4H,3H2,1-2H3. The van der Waals surface area contributed by atoms with Crippen LogP contribution in [0, 0.1) is 0 Å². The number of rotatable bonds is 3. The van der Waals surface area contributed by atoms with Gasteiger partial charge in [0.25, 0.3) is 5.82 Å². The molecule has 0 aromatic carbocycles. The average molecular weight is 294 g/mol. The molecule has 0 aliphatic heterocycles. The van der Waals surface area contributed by atoms with Crippen LogP contribution >= 0.6 is 11.3 Å². The summed E-state index contributed by atoms with van der Waals surface area (Å²) < 4.78 is 43.2. The number of esters is 1. The second-order valence-electron chi connectivity index (χ2n) is 3.63. The minimum Gasteiger partial charge on any atom is -0.465 e. The average Bonchev–Trinajstić information content (AvgIpc) is 2.85. The normalized spacial score (nSPS) is 13.7. The van der Waals surface area contributed by atoms with E-state index in [1.165, 1.54) is 6.92 Å². The highest BCUT2D eigenvalue weighted by Gasteiger charge is 2.38. The van der Waals surface area contributed by atoms with Crippen LogP contribution in [0.15, 0.2) is 0 Å². The van der Waals surface area contributed by atoms with Gasteiger partial charge in [0.1, 0.15) is 10.9 Å². The number of fused-ring (bicyclic) bond motifs is 1. The number of hydrogen-bond donors (Lipinski definition) is 0. The van der Waals surface area contributed by atoms with Crippen molar-refractivity contribution in [2.75, 3.05) is 6.61 Å². The summed E-state index contributed by atoms with van der Waals surface area (Å²) in [5.41, 5.74) is 0. The summed E-state index contributed by atoms with van der Waals surface area (Å²) >= 11 is 0.874. The van der Waals surface area contributed by atoms with E-state index in [0.717, 1.165) is 11.3 Å². The molecule has 0 aliphatic carbocycles. The molecule has 0 fully saturated rings. The maximum atomic E-state index is 12.6. The van der Waals surface area contributed by atoms with Crippen molar-refractivity contribution >= 4 is 22.3 Å². The first-order valence-electron chi connectivity index (χ1n) is 5.30. The smallest absolute Gasteiger partial charge is 0.453 e. The minimum atomic E-state index is -4.64. The Morgan fingerprint density at radius 3 is 2.74 bits per heavy atom. The summed E-state index contributed by atoms with van der Waals surface area (Å²) in [6.45, 7) is 3.35. The molecule has 0 bridgehead atoms. The summed E-state index contributed by atoms with van der Waals surface area (Å²) in [6.07, 6.45) is -4.64. The van der Waals surface area contributed by atoms with Gasteiger partial charge < -0.3 is 4.74 Å². The summed E-state index contributed by atoms with van der Waals surface area (Å²) in [5.74, 6) is -2.49. The Kier molecular flexibility index (Phi) is 3.43. The fourth-order valence-corrected chi connectivity index (χ4v) is 2.23. The lowest BCUT2D eigenvalue weighted by Crippen LogP contribution is -2.15. The van der Waals surface area contributed by atoms with Gasteiger partial charge in [-0.05, 0) is 13.8 Å². The Labute approximate surface area is 109 Å². The molecule has 2 heterocycles. The van der Waals surface area contributed by atoms with Gasteiger partial charge in [-0.15, -0.1) is 10.2 Å². The molecular formula is C9H9F3N4O2S. The number of halogens is 3. The van der Waals surface area contributed by atoms with Crippen LogP contribution in [-0.2, 0) is 15.7 Å². The van der Waals surface area contributed by atoms with Crippen molar-refractivity contribution in [3.63, 3.8) is 0 Å². The van der Waals surface area contributed by atoms with Gasteiger partial charge in [-0.3, -0.25) is 4.79 Å². The lowest BCUT2D eigenvalue weighted by atomic mass is 10.2. The van der Waals surface area contributed by atoms with E-state index in [2.05, 4.69) is 15.3 Å². The Balaban J connectivity index is 2.37. The van der Waals surface area contributed by atoms with E-state index < -0.39 is 23.9 Å². The Hall–Kier alpha value is -1.71. The summed E-state index contributed by atoms with van der Waals surface area (Å²) in [4.78, 5) is 11.5. The third-order valence-corrected chi connectivity index (χ3v) is 3.35. The van der Waals surface area contributed by atoms with Crippen molar-refractivity contribution in [3.8, 4) is 0 Å². The van der Waals surface area contributed by atoms with Crippen LogP contribution in [0.25, 0.3) is 4.96 Å². The van der Waals surface area contributed by atoms with Gasteiger partial charge in [-0.2, -0.15) is 22.8 Å². The van der Waals surface area contributed by atoms with Crippen molar-refractivity contribution in [1.82, 2.24) is 19.8 Å². The zero-order chi connectivity index (χ0) is 14.2. The Morgan fingerprint density at radius 2 is 2.16 bits per heavy atom. The number of carbonyl (C=O) groups excluding carboxylic acids is 1. The first-order chi connectivity index (χ1) is 8.84. The van der Waals surface area contributed by atoms with E-state index in [1.807, 2.05) is 0 Å². The molecule has 0 amide bonds. The molecule has 0 radical (unpaired) electrons. The molecule has 0 aliphatic rings. The van der Waals surface area contributed by atoms with Crippen LogP contribution < -0.4 is 0 Å². The fourth-order valence-electron chi connectivity index (χ4n) is 1.35. The molecule has 0 spiro atoms. The number of aromatic nitrogens is 4. The molecule has 0 saturated heterocycles. The molecular weight excluding hydrogens is 285 g/mol. The van der Waals surface area contributed by atoms with Gasteiger partial charge in [0, 0.05) is 0 Å². The number of hydrogen-bond acceptors (Lipinski definition) is 6. The predicted molar refractivity (Wildman–Crippen MR) is 58.7 cm³/mol. The largest absolute Gasteiger partial charge is 0.465 e. The third-order valence-electron chi connectivity index (χ3n) is 2.27. The molecule has 104 valence electrons. The van der Waals surface area contributed by atoms with Gasteiger partial charge >= 0.3 is 12.1 Å². The lowest BCUT2D eigenvalue weighted by Gasteiger charge is -2.06. The van der Waals surface area contributed by atoms with Crippen molar-refractivity contribution in [2.24, 2.45) is 0 Å². The van der Waals surface area contributed by atoms with Crippen LogP contribution in [0.1, 0.15) is 30.6 Å². The number of nitrogens with zero attached hydrogens (tertiary/aromatic N) is 4. The number of alkyl halides is 3. The Morgan fingerprint density at radius 1 is 1.47 bits per heavy atom. The highest BCUT2D eigenvalue weighted by Crippen LogP contribution is 2.30. The number of carbonyl (C=O) groups is 1. The fraction of sp³-hybridized carbons (Fsp3) is 0.556. The molecule has 6 nitrogen and oxygen atoms in total. The Bertz CT molecular complexity index is 606. The maximum absolute atomic E-state index is 12.6. The number of ether oxygens (including phenoxy) is 1. The maximum Gasteiger partial charge on any atom is 0.453 e. The topological polar surface area (TPSA) is 69.4 Å².